The molecule has 3 aromatic rings. The number of rotatable bonds is 5. The van der Waals surface area contributed by atoms with Crippen molar-refractivity contribution >= 4 is 29.4 Å². The fourth-order valence-electron chi connectivity index (χ4n) is 2.11. The Morgan fingerprint density at radius 1 is 1.23 bits per heavy atom. The lowest BCUT2D eigenvalue weighted by Gasteiger charge is -1.99. The van der Waals surface area contributed by atoms with Crippen molar-refractivity contribution in [2.24, 2.45) is 5.10 Å². The molecule has 130 valence electrons. The average molecular weight is 371 g/mol. The third-order valence-corrected chi connectivity index (χ3v) is 3.67. The number of nitro benzene ring substituents is 1. The second kappa shape index (κ2) is 7.58. The molecule has 0 saturated carbocycles. The fraction of sp³-hybridized carbons (Fsp3) is 0. The van der Waals surface area contributed by atoms with Crippen molar-refractivity contribution < 1.29 is 14.1 Å². The largest absolute Gasteiger partial charge is 0.455 e. The van der Waals surface area contributed by atoms with Crippen LogP contribution in [0.25, 0.3) is 11.3 Å². The van der Waals surface area contributed by atoms with Crippen molar-refractivity contribution in [3.8, 4) is 11.3 Å². The molecule has 0 radical (unpaired) electrons. The van der Waals surface area contributed by atoms with E-state index in [1.165, 1.54) is 30.7 Å². The molecular weight excluding hydrogens is 360 g/mol. The van der Waals surface area contributed by atoms with E-state index in [0.29, 0.717) is 22.6 Å². The molecule has 3 rings (SSSR count). The topological polar surface area (TPSA) is 111 Å². The Morgan fingerprint density at radius 2 is 2.00 bits per heavy atom. The van der Waals surface area contributed by atoms with Crippen LogP contribution in [-0.2, 0) is 0 Å². The number of benzene rings is 1. The van der Waals surface area contributed by atoms with Crippen molar-refractivity contribution in [1.29, 1.82) is 0 Å². The van der Waals surface area contributed by atoms with Crippen LogP contribution in [0.2, 0.25) is 5.02 Å². The van der Waals surface area contributed by atoms with Crippen molar-refractivity contribution in [3.05, 3.63) is 81.3 Å². The van der Waals surface area contributed by atoms with Gasteiger partial charge in [-0.1, -0.05) is 11.6 Å². The number of carbonyl (C=O) groups excluding carboxylic acids is 1. The first-order valence-electron chi connectivity index (χ1n) is 7.32. The Bertz CT molecular complexity index is 985. The van der Waals surface area contributed by atoms with E-state index in [-0.39, 0.29) is 16.6 Å². The molecule has 0 aliphatic heterocycles. The highest BCUT2D eigenvalue weighted by atomic mass is 35.5. The first-order chi connectivity index (χ1) is 12.5. The first kappa shape index (κ1) is 17.3. The van der Waals surface area contributed by atoms with Gasteiger partial charge in [-0.05, 0) is 36.4 Å². The summed E-state index contributed by atoms with van der Waals surface area (Å²) in [5.41, 5.74) is 3.08. The van der Waals surface area contributed by atoms with E-state index in [9.17, 15) is 14.9 Å². The zero-order valence-electron chi connectivity index (χ0n) is 13.1. The number of aromatic nitrogens is 1. The van der Waals surface area contributed by atoms with E-state index in [4.69, 9.17) is 16.0 Å². The fourth-order valence-corrected chi connectivity index (χ4v) is 2.29. The zero-order chi connectivity index (χ0) is 18.5. The molecule has 0 aliphatic carbocycles. The lowest BCUT2D eigenvalue weighted by Crippen LogP contribution is -2.17. The Labute approximate surface area is 152 Å². The van der Waals surface area contributed by atoms with E-state index >= 15 is 0 Å². The van der Waals surface area contributed by atoms with Crippen LogP contribution in [0.3, 0.4) is 0 Å². The molecule has 2 aromatic heterocycles. The van der Waals surface area contributed by atoms with Crippen LogP contribution in [0, 0.1) is 10.1 Å². The maximum Gasteiger partial charge on any atom is 0.288 e. The molecule has 2 heterocycles. The minimum Gasteiger partial charge on any atom is -0.455 e. The van der Waals surface area contributed by atoms with Crippen molar-refractivity contribution in [2.45, 2.75) is 0 Å². The Morgan fingerprint density at radius 3 is 2.73 bits per heavy atom. The van der Waals surface area contributed by atoms with Crippen LogP contribution in [-0.4, -0.2) is 22.0 Å². The predicted molar refractivity (Wildman–Crippen MR) is 95.1 cm³/mol. The van der Waals surface area contributed by atoms with Crippen molar-refractivity contribution in [2.75, 3.05) is 0 Å². The van der Waals surface area contributed by atoms with Crippen LogP contribution < -0.4 is 5.43 Å². The lowest BCUT2D eigenvalue weighted by atomic mass is 10.1. The van der Waals surface area contributed by atoms with E-state index in [1.807, 2.05) is 0 Å². The molecule has 0 saturated heterocycles. The van der Waals surface area contributed by atoms with Gasteiger partial charge in [0.05, 0.1) is 11.1 Å². The van der Waals surface area contributed by atoms with Gasteiger partial charge in [-0.2, -0.15) is 5.10 Å². The average Bonchev–Trinajstić information content (AvgIpc) is 3.11. The number of furan rings is 1. The van der Waals surface area contributed by atoms with Gasteiger partial charge in [0, 0.05) is 29.6 Å². The summed E-state index contributed by atoms with van der Waals surface area (Å²) in [4.78, 5) is 26.1. The van der Waals surface area contributed by atoms with E-state index in [0.717, 1.165) is 0 Å². The molecule has 8 nitrogen and oxygen atoms in total. The molecule has 0 atom stereocenters. The summed E-state index contributed by atoms with van der Waals surface area (Å²) in [6, 6.07) is 10.7. The summed E-state index contributed by atoms with van der Waals surface area (Å²) >= 11 is 5.80. The summed E-state index contributed by atoms with van der Waals surface area (Å²) in [5.74, 6) is 0.392. The number of hydrogen-bond donors (Lipinski definition) is 1. The maximum absolute atomic E-state index is 11.8. The van der Waals surface area contributed by atoms with Crippen LogP contribution in [0.1, 0.15) is 16.1 Å². The van der Waals surface area contributed by atoms with Gasteiger partial charge >= 0.3 is 0 Å². The number of nitrogens with zero attached hydrogens (tertiary/aromatic N) is 3. The molecule has 0 spiro atoms. The summed E-state index contributed by atoms with van der Waals surface area (Å²) in [6.45, 7) is 0. The molecular formula is C17H11ClN4O4. The van der Waals surface area contributed by atoms with Gasteiger partial charge in [-0.25, -0.2) is 5.43 Å². The summed E-state index contributed by atoms with van der Waals surface area (Å²) in [7, 11) is 0. The predicted octanol–water partition coefficient (Wildman–Crippen LogP) is 3.67. The summed E-state index contributed by atoms with van der Waals surface area (Å²) in [5, 5.41) is 14.8. The maximum atomic E-state index is 11.8. The van der Waals surface area contributed by atoms with Gasteiger partial charge in [0.25, 0.3) is 11.6 Å². The quantitative estimate of drug-likeness (QED) is 0.418. The SMILES string of the molecule is O=C(N/N=C/c1ccc(-c2ccc(Cl)c([N+](=O)[O-])c2)o1)c1ccncc1. The summed E-state index contributed by atoms with van der Waals surface area (Å²) < 4.78 is 5.56. The van der Waals surface area contributed by atoms with Gasteiger partial charge < -0.3 is 4.42 Å². The lowest BCUT2D eigenvalue weighted by molar-refractivity contribution is -0.384. The number of amides is 1. The monoisotopic (exact) mass is 370 g/mol. The molecule has 0 bridgehead atoms. The Kier molecular flexibility index (Phi) is 5.04. The van der Waals surface area contributed by atoms with E-state index in [2.05, 4.69) is 15.5 Å². The second-order valence-electron chi connectivity index (χ2n) is 5.06. The molecule has 0 unspecified atom stereocenters. The van der Waals surface area contributed by atoms with Crippen LogP contribution >= 0.6 is 11.6 Å². The third-order valence-electron chi connectivity index (χ3n) is 3.35. The highest BCUT2D eigenvalue weighted by molar-refractivity contribution is 6.32. The number of nitro groups is 1. The van der Waals surface area contributed by atoms with E-state index in [1.54, 1.807) is 30.3 Å². The molecule has 26 heavy (non-hydrogen) atoms. The number of nitrogens with one attached hydrogen (secondary N) is 1. The normalized spacial score (nSPS) is 10.8. The van der Waals surface area contributed by atoms with Gasteiger partial charge in [0.1, 0.15) is 16.5 Å². The Hall–Kier alpha value is -3.52. The Balaban J connectivity index is 1.71. The zero-order valence-corrected chi connectivity index (χ0v) is 13.9. The number of hydrazone groups is 1. The van der Waals surface area contributed by atoms with Gasteiger partial charge in [0.2, 0.25) is 0 Å². The second-order valence-corrected chi connectivity index (χ2v) is 5.47. The van der Waals surface area contributed by atoms with Crippen molar-refractivity contribution in [1.82, 2.24) is 10.4 Å². The highest BCUT2D eigenvalue weighted by Crippen LogP contribution is 2.30. The molecule has 0 fully saturated rings. The number of pyridine rings is 1. The van der Waals surface area contributed by atoms with Crippen LogP contribution in [0.5, 0.6) is 0 Å². The molecule has 0 aliphatic rings. The standard InChI is InChI=1S/C17H11ClN4O4/c18-14-3-1-12(9-15(14)22(24)25)16-4-2-13(26-16)10-20-21-17(23)11-5-7-19-8-6-11/h1-10H,(H,21,23)/b20-10+. The van der Waals surface area contributed by atoms with Crippen molar-refractivity contribution in [3.63, 3.8) is 0 Å². The summed E-state index contributed by atoms with van der Waals surface area (Å²) in [6.07, 6.45) is 4.33. The van der Waals surface area contributed by atoms with Gasteiger partial charge in [-0.15, -0.1) is 0 Å². The molecule has 1 N–H and O–H groups in total. The molecule has 9 heteroatoms. The minimum atomic E-state index is -0.564. The van der Waals surface area contributed by atoms with Crippen LogP contribution in [0.4, 0.5) is 5.69 Å². The van der Waals surface area contributed by atoms with E-state index < -0.39 is 4.92 Å². The minimum absolute atomic E-state index is 0.0471. The number of hydrogen-bond acceptors (Lipinski definition) is 6. The molecule has 1 amide bonds. The van der Waals surface area contributed by atoms with Crippen LogP contribution in [0.15, 0.2) is 64.4 Å². The highest BCUT2D eigenvalue weighted by Gasteiger charge is 2.15. The van der Waals surface area contributed by atoms with Gasteiger partial charge in [-0.3, -0.25) is 19.9 Å². The molecule has 1 aromatic carbocycles. The smallest absolute Gasteiger partial charge is 0.288 e. The first-order valence-corrected chi connectivity index (χ1v) is 7.70. The number of carbonyl (C=O) groups is 1. The third kappa shape index (κ3) is 3.93. The van der Waals surface area contributed by atoms with Gasteiger partial charge in [0.15, 0.2) is 0 Å². The number of halogens is 1.